The Hall–Kier alpha value is -3.21. The first-order chi connectivity index (χ1) is 14.3. The van der Waals surface area contributed by atoms with E-state index in [0.717, 1.165) is 0 Å². The molecule has 0 aliphatic carbocycles. The minimum absolute atomic E-state index is 0.0635. The molecule has 0 saturated heterocycles. The van der Waals surface area contributed by atoms with E-state index in [1.54, 1.807) is 12.3 Å². The number of pyridine rings is 1. The number of benzene rings is 1. The third-order valence-electron chi connectivity index (χ3n) is 4.79. The highest BCUT2D eigenvalue weighted by Crippen LogP contribution is 2.32. The van der Waals surface area contributed by atoms with Crippen molar-refractivity contribution >= 4 is 5.69 Å². The number of anilines is 1. The van der Waals surface area contributed by atoms with Crippen molar-refractivity contribution in [3.8, 4) is 11.3 Å². The zero-order valence-corrected chi connectivity index (χ0v) is 15.6. The fourth-order valence-corrected chi connectivity index (χ4v) is 3.36. The van der Waals surface area contributed by atoms with Gasteiger partial charge in [0, 0.05) is 23.4 Å². The molecule has 11 heteroatoms. The van der Waals surface area contributed by atoms with Crippen LogP contribution in [0.2, 0.25) is 0 Å². The monoisotopic (exact) mass is 423 g/mol. The number of fused-ring (bicyclic) bond motifs is 1. The zero-order valence-electron chi connectivity index (χ0n) is 15.6. The van der Waals surface area contributed by atoms with Crippen molar-refractivity contribution in [2.75, 3.05) is 18.2 Å². The van der Waals surface area contributed by atoms with Crippen LogP contribution in [-0.4, -0.2) is 39.3 Å². The molecule has 0 bridgehead atoms. The standard InChI is InChI=1S/C19H17F4N5O2/c20-15-2-1-3-17-14(15)5-4-13(10-30-28(17)11-19(21,22)23)27-9-16(25-26-27)12-6-7-24-18(29)8-12/h1-3,6-9,13H,4-5,10-11H2,(H,24,29). The van der Waals surface area contributed by atoms with Crippen molar-refractivity contribution in [3.05, 3.63) is 64.5 Å². The summed E-state index contributed by atoms with van der Waals surface area (Å²) in [5, 5.41) is 8.75. The number of nitrogens with one attached hydrogen (secondary N) is 1. The highest BCUT2D eigenvalue weighted by Gasteiger charge is 2.34. The molecule has 0 fully saturated rings. The highest BCUT2D eigenvalue weighted by atomic mass is 19.4. The van der Waals surface area contributed by atoms with Crippen LogP contribution in [0.15, 0.2) is 47.5 Å². The quantitative estimate of drug-likeness (QED) is 0.655. The lowest BCUT2D eigenvalue weighted by Gasteiger charge is -2.31. The molecule has 1 atom stereocenters. The van der Waals surface area contributed by atoms with Crippen LogP contribution in [0.5, 0.6) is 0 Å². The Labute approximate surface area is 167 Å². The first-order valence-corrected chi connectivity index (χ1v) is 9.16. The van der Waals surface area contributed by atoms with Crippen LogP contribution < -0.4 is 10.6 Å². The highest BCUT2D eigenvalue weighted by molar-refractivity contribution is 5.56. The first-order valence-electron chi connectivity index (χ1n) is 9.16. The molecule has 0 saturated carbocycles. The summed E-state index contributed by atoms with van der Waals surface area (Å²) in [5.41, 5.74) is 0.898. The molecule has 0 amide bonds. The lowest BCUT2D eigenvalue weighted by molar-refractivity contribution is -0.135. The van der Waals surface area contributed by atoms with Crippen molar-refractivity contribution in [2.24, 2.45) is 0 Å². The van der Waals surface area contributed by atoms with Gasteiger partial charge in [-0.05, 0) is 31.0 Å². The summed E-state index contributed by atoms with van der Waals surface area (Å²) in [7, 11) is 0. The molecule has 0 spiro atoms. The van der Waals surface area contributed by atoms with Crippen molar-refractivity contribution in [1.82, 2.24) is 20.0 Å². The fraction of sp³-hybridized carbons (Fsp3) is 0.316. The van der Waals surface area contributed by atoms with Gasteiger partial charge in [0.1, 0.15) is 18.1 Å². The van der Waals surface area contributed by atoms with Crippen LogP contribution in [0, 0.1) is 5.82 Å². The van der Waals surface area contributed by atoms with Gasteiger partial charge in [0.15, 0.2) is 0 Å². The van der Waals surface area contributed by atoms with E-state index in [9.17, 15) is 22.4 Å². The van der Waals surface area contributed by atoms with Gasteiger partial charge in [-0.1, -0.05) is 11.3 Å². The summed E-state index contributed by atoms with van der Waals surface area (Å²) >= 11 is 0. The van der Waals surface area contributed by atoms with Crippen molar-refractivity contribution in [2.45, 2.75) is 25.1 Å². The summed E-state index contributed by atoms with van der Waals surface area (Å²) < 4.78 is 54.9. The summed E-state index contributed by atoms with van der Waals surface area (Å²) in [4.78, 5) is 19.4. The minimum Gasteiger partial charge on any atom is -0.329 e. The zero-order chi connectivity index (χ0) is 21.3. The van der Waals surface area contributed by atoms with E-state index >= 15 is 0 Å². The molecular formula is C19H17F4N5O2. The van der Waals surface area contributed by atoms with E-state index in [4.69, 9.17) is 4.84 Å². The minimum atomic E-state index is -4.53. The molecule has 2 aromatic heterocycles. The van der Waals surface area contributed by atoms with Crippen LogP contribution in [-0.2, 0) is 11.3 Å². The molecule has 0 radical (unpaired) electrons. The molecule has 3 heterocycles. The lowest BCUT2D eigenvalue weighted by Crippen LogP contribution is -2.38. The van der Waals surface area contributed by atoms with Crippen molar-refractivity contribution < 1.29 is 22.4 Å². The second kappa shape index (κ2) is 7.90. The number of H-pyrrole nitrogens is 1. The maximum Gasteiger partial charge on any atom is 0.408 e. The van der Waals surface area contributed by atoms with Crippen LogP contribution in [0.25, 0.3) is 11.3 Å². The number of aromatic nitrogens is 4. The number of halogens is 4. The maximum absolute atomic E-state index is 14.4. The summed E-state index contributed by atoms with van der Waals surface area (Å²) in [5.74, 6) is -0.591. The number of hydrogen-bond donors (Lipinski definition) is 1. The van der Waals surface area contributed by atoms with Gasteiger partial charge >= 0.3 is 6.18 Å². The van der Waals surface area contributed by atoms with Crippen molar-refractivity contribution in [1.29, 1.82) is 0 Å². The SMILES string of the molecule is O=c1cc(-c2cn(C3CCc4c(F)cccc4N(CC(F)(F)F)OC3)nn2)cc[nH]1. The molecule has 4 rings (SSSR count). The Morgan fingerprint density at radius 1 is 1.27 bits per heavy atom. The molecule has 1 aromatic carbocycles. The van der Waals surface area contributed by atoms with Gasteiger partial charge in [0.05, 0.1) is 24.5 Å². The van der Waals surface area contributed by atoms with E-state index in [1.165, 1.54) is 35.1 Å². The molecule has 30 heavy (non-hydrogen) atoms. The predicted octanol–water partition coefficient (Wildman–Crippen LogP) is 3.26. The van der Waals surface area contributed by atoms with Gasteiger partial charge in [-0.25, -0.2) is 14.1 Å². The third kappa shape index (κ3) is 4.35. The Morgan fingerprint density at radius 2 is 2.10 bits per heavy atom. The molecule has 1 N–H and O–H groups in total. The van der Waals surface area contributed by atoms with Crippen LogP contribution >= 0.6 is 0 Å². The second-order valence-electron chi connectivity index (χ2n) is 6.90. The van der Waals surface area contributed by atoms with Gasteiger partial charge in [-0.2, -0.15) is 13.2 Å². The van der Waals surface area contributed by atoms with Gasteiger partial charge in [-0.15, -0.1) is 5.10 Å². The summed E-state index contributed by atoms with van der Waals surface area (Å²) in [6.45, 7) is -1.48. The lowest BCUT2D eigenvalue weighted by atomic mass is 10.0. The number of hydrogen-bond acceptors (Lipinski definition) is 5. The summed E-state index contributed by atoms with van der Waals surface area (Å²) in [6.07, 6.45) is -0.888. The van der Waals surface area contributed by atoms with Crippen LogP contribution in [0.3, 0.4) is 0 Å². The number of rotatable bonds is 3. The Kier molecular flexibility index (Phi) is 5.29. The average molecular weight is 423 g/mol. The number of nitrogens with zero attached hydrogens (tertiary/aromatic N) is 4. The molecule has 1 aliphatic heterocycles. The summed E-state index contributed by atoms with van der Waals surface area (Å²) in [6, 6.07) is 6.51. The van der Waals surface area contributed by atoms with Crippen molar-refractivity contribution in [3.63, 3.8) is 0 Å². The number of alkyl halides is 3. The van der Waals surface area contributed by atoms with E-state index in [2.05, 4.69) is 15.3 Å². The van der Waals surface area contributed by atoms with Gasteiger partial charge in [-0.3, -0.25) is 9.63 Å². The largest absolute Gasteiger partial charge is 0.408 e. The number of hydroxylamine groups is 1. The smallest absolute Gasteiger partial charge is 0.329 e. The van der Waals surface area contributed by atoms with E-state index < -0.39 is 24.6 Å². The van der Waals surface area contributed by atoms with E-state index in [-0.39, 0.29) is 29.8 Å². The first kappa shape index (κ1) is 20.1. The van der Waals surface area contributed by atoms with Crippen LogP contribution in [0.1, 0.15) is 18.0 Å². The molecular weight excluding hydrogens is 406 g/mol. The van der Waals surface area contributed by atoms with Gasteiger partial charge < -0.3 is 4.98 Å². The van der Waals surface area contributed by atoms with E-state index in [0.29, 0.717) is 22.7 Å². The molecule has 7 nitrogen and oxygen atoms in total. The molecule has 3 aromatic rings. The average Bonchev–Trinajstić information content (AvgIpc) is 3.15. The molecule has 1 aliphatic rings. The topological polar surface area (TPSA) is 76.0 Å². The second-order valence-corrected chi connectivity index (χ2v) is 6.90. The third-order valence-corrected chi connectivity index (χ3v) is 4.79. The fourth-order valence-electron chi connectivity index (χ4n) is 3.36. The van der Waals surface area contributed by atoms with Gasteiger partial charge in [0.25, 0.3) is 0 Å². The van der Waals surface area contributed by atoms with Crippen LogP contribution in [0.4, 0.5) is 23.2 Å². The Balaban J connectivity index is 1.62. The Bertz CT molecular complexity index is 1090. The predicted molar refractivity (Wildman–Crippen MR) is 99.2 cm³/mol. The number of aromatic amines is 1. The Morgan fingerprint density at radius 3 is 2.87 bits per heavy atom. The normalized spacial score (nSPS) is 17.3. The molecule has 1 unspecified atom stereocenters. The maximum atomic E-state index is 14.4. The molecule has 158 valence electrons. The van der Waals surface area contributed by atoms with E-state index in [1.807, 2.05) is 0 Å². The van der Waals surface area contributed by atoms with Gasteiger partial charge in [0.2, 0.25) is 5.56 Å².